The molecule has 1 aromatic carbocycles. The van der Waals surface area contributed by atoms with Gasteiger partial charge >= 0.3 is 0 Å². The van der Waals surface area contributed by atoms with Crippen molar-refractivity contribution in [3.05, 3.63) is 29.8 Å². The molecule has 0 spiro atoms. The van der Waals surface area contributed by atoms with Crippen LogP contribution in [0.2, 0.25) is 0 Å². The van der Waals surface area contributed by atoms with Crippen LogP contribution in [0.5, 0.6) is 0 Å². The van der Waals surface area contributed by atoms with Gasteiger partial charge in [0.05, 0.1) is 11.4 Å². The molecule has 28 heavy (non-hydrogen) atoms. The zero-order valence-electron chi connectivity index (χ0n) is 17.9. The highest BCUT2D eigenvalue weighted by Gasteiger charge is 2.29. The van der Waals surface area contributed by atoms with E-state index in [-0.39, 0.29) is 11.4 Å². The Bertz CT molecular complexity index is 752. The lowest BCUT2D eigenvalue weighted by atomic mass is 9.99. The maximum atomic E-state index is 12.9. The topological polar surface area (TPSA) is 69.7 Å². The lowest BCUT2D eigenvalue weighted by molar-refractivity contribution is -0.124. The van der Waals surface area contributed by atoms with Gasteiger partial charge < -0.3 is 5.32 Å². The molecular formula is C21H35N3O3S. The van der Waals surface area contributed by atoms with E-state index in [1.165, 1.54) is 4.31 Å². The number of piperazine rings is 1. The number of rotatable bonds is 8. The van der Waals surface area contributed by atoms with Crippen LogP contribution in [0.4, 0.5) is 0 Å². The second-order valence-corrected chi connectivity index (χ2v) is 10.3. The van der Waals surface area contributed by atoms with Gasteiger partial charge in [0.1, 0.15) is 0 Å². The predicted octanol–water partition coefficient (Wildman–Crippen LogP) is 2.81. The van der Waals surface area contributed by atoms with Gasteiger partial charge in [0.25, 0.3) is 0 Å². The summed E-state index contributed by atoms with van der Waals surface area (Å²) in [7, 11) is -3.49. The molecule has 2 rings (SSSR count). The van der Waals surface area contributed by atoms with Crippen LogP contribution < -0.4 is 5.32 Å². The Hall–Kier alpha value is -1.44. The Morgan fingerprint density at radius 2 is 1.68 bits per heavy atom. The van der Waals surface area contributed by atoms with Crippen LogP contribution in [0, 0.1) is 0 Å². The molecule has 7 heteroatoms. The molecule has 0 unspecified atom stereocenters. The van der Waals surface area contributed by atoms with E-state index in [0.29, 0.717) is 43.5 Å². The Morgan fingerprint density at radius 1 is 1.11 bits per heavy atom. The predicted molar refractivity (Wildman–Crippen MR) is 113 cm³/mol. The summed E-state index contributed by atoms with van der Waals surface area (Å²) in [5.74, 6) is 0.410. The molecule has 0 bridgehead atoms. The number of amides is 1. The lowest BCUT2D eigenvalue weighted by Gasteiger charge is -2.34. The first-order chi connectivity index (χ1) is 13.1. The molecule has 6 nitrogen and oxygen atoms in total. The molecule has 1 saturated heterocycles. The van der Waals surface area contributed by atoms with Gasteiger partial charge in [-0.1, -0.05) is 32.9 Å². The van der Waals surface area contributed by atoms with Gasteiger partial charge in [-0.2, -0.15) is 4.31 Å². The van der Waals surface area contributed by atoms with Crippen molar-refractivity contribution in [2.75, 3.05) is 32.7 Å². The quantitative estimate of drug-likeness (QED) is 0.717. The molecule has 1 heterocycles. The number of hydrogen-bond donors (Lipinski definition) is 1. The fraction of sp³-hybridized carbons (Fsp3) is 0.667. The van der Waals surface area contributed by atoms with Crippen molar-refractivity contribution < 1.29 is 13.2 Å². The van der Waals surface area contributed by atoms with E-state index in [1.807, 2.05) is 37.8 Å². The summed E-state index contributed by atoms with van der Waals surface area (Å²) >= 11 is 0. The summed E-state index contributed by atoms with van der Waals surface area (Å²) in [5.41, 5.74) is 0.941. The molecular weight excluding hydrogens is 374 g/mol. The highest BCUT2D eigenvalue weighted by molar-refractivity contribution is 7.89. The SMILES string of the molecule is CC[C@H](C)c1ccc(S(=O)(=O)N2CCN(CC(=O)NC(C)(C)CC)CC2)cc1. The molecule has 0 saturated carbocycles. The summed E-state index contributed by atoms with van der Waals surface area (Å²) in [6.45, 7) is 12.5. The number of nitrogens with zero attached hydrogens (tertiary/aromatic N) is 2. The van der Waals surface area contributed by atoms with E-state index < -0.39 is 10.0 Å². The Kier molecular flexibility index (Phi) is 7.65. The fourth-order valence-corrected chi connectivity index (χ4v) is 4.61. The standard InChI is InChI=1S/C21H35N3O3S/c1-6-17(3)18-8-10-19(11-9-18)28(26,27)24-14-12-23(13-15-24)16-20(25)22-21(4,5)7-2/h8-11,17H,6-7,12-16H2,1-5H3,(H,22,25)/t17-/m0/s1. The summed E-state index contributed by atoms with van der Waals surface area (Å²) in [4.78, 5) is 14.6. The molecule has 1 atom stereocenters. The van der Waals surface area contributed by atoms with Crippen LogP contribution in [0.3, 0.4) is 0 Å². The van der Waals surface area contributed by atoms with Crippen molar-refractivity contribution >= 4 is 15.9 Å². The number of nitrogens with one attached hydrogen (secondary N) is 1. The summed E-state index contributed by atoms with van der Waals surface area (Å²) < 4.78 is 27.4. The highest BCUT2D eigenvalue weighted by atomic mass is 32.2. The summed E-state index contributed by atoms with van der Waals surface area (Å²) in [6.07, 6.45) is 1.89. The van der Waals surface area contributed by atoms with E-state index in [1.54, 1.807) is 12.1 Å². The Morgan fingerprint density at radius 3 is 2.18 bits per heavy atom. The van der Waals surface area contributed by atoms with Crippen LogP contribution >= 0.6 is 0 Å². The van der Waals surface area contributed by atoms with Crippen molar-refractivity contribution in [3.8, 4) is 0 Å². The average molecular weight is 410 g/mol. The maximum Gasteiger partial charge on any atom is 0.243 e. The molecule has 1 aliphatic heterocycles. The molecule has 0 aromatic heterocycles. The number of sulfonamides is 1. The first-order valence-corrected chi connectivity index (χ1v) is 11.7. The van der Waals surface area contributed by atoms with Crippen LogP contribution in [-0.2, 0) is 14.8 Å². The molecule has 1 N–H and O–H groups in total. The highest BCUT2D eigenvalue weighted by Crippen LogP contribution is 2.23. The molecule has 1 aromatic rings. The van der Waals surface area contributed by atoms with Crippen molar-refractivity contribution in [1.29, 1.82) is 0 Å². The van der Waals surface area contributed by atoms with Crippen molar-refractivity contribution in [1.82, 2.24) is 14.5 Å². The smallest absolute Gasteiger partial charge is 0.243 e. The van der Waals surface area contributed by atoms with E-state index in [2.05, 4.69) is 19.2 Å². The average Bonchev–Trinajstić information content (AvgIpc) is 2.67. The van der Waals surface area contributed by atoms with Crippen LogP contribution in [0.1, 0.15) is 58.9 Å². The zero-order valence-corrected chi connectivity index (χ0v) is 18.7. The maximum absolute atomic E-state index is 12.9. The normalized spacial score (nSPS) is 18.0. The minimum absolute atomic E-state index is 0.0104. The van der Waals surface area contributed by atoms with Gasteiger partial charge in [0, 0.05) is 31.7 Å². The van der Waals surface area contributed by atoms with Crippen molar-refractivity contribution in [2.45, 2.75) is 63.8 Å². The molecule has 1 aliphatic rings. The number of hydrogen-bond acceptors (Lipinski definition) is 4. The lowest BCUT2D eigenvalue weighted by Crippen LogP contribution is -2.53. The minimum atomic E-state index is -3.49. The third kappa shape index (κ3) is 5.78. The summed E-state index contributed by atoms with van der Waals surface area (Å²) in [5, 5.41) is 3.03. The van der Waals surface area contributed by atoms with Gasteiger partial charge in [-0.25, -0.2) is 8.42 Å². The first-order valence-electron chi connectivity index (χ1n) is 10.2. The zero-order chi connectivity index (χ0) is 20.9. The minimum Gasteiger partial charge on any atom is -0.350 e. The van der Waals surface area contributed by atoms with Gasteiger partial charge in [-0.05, 0) is 50.3 Å². The van der Waals surface area contributed by atoms with E-state index in [0.717, 1.165) is 18.4 Å². The first kappa shape index (κ1) is 22.8. The second kappa shape index (κ2) is 9.37. The van der Waals surface area contributed by atoms with Crippen molar-refractivity contribution in [2.24, 2.45) is 0 Å². The van der Waals surface area contributed by atoms with Crippen LogP contribution in [0.25, 0.3) is 0 Å². The third-order valence-corrected chi connectivity index (χ3v) is 7.67. The Labute approximate surface area is 170 Å². The molecule has 1 amide bonds. The molecule has 1 fully saturated rings. The van der Waals surface area contributed by atoms with E-state index in [4.69, 9.17) is 0 Å². The van der Waals surface area contributed by atoms with Crippen LogP contribution in [-0.4, -0.2) is 61.8 Å². The third-order valence-electron chi connectivity index (χ3n) is 5.76. The number of benzene rings is 1. The van der Waals surface area contributed by atoms with Crippen molar-refractivity contribution in [3.63, 3.8) is 0 Å². The van der Waals surface area contributed by atoms with Gasteiger partial charge in [0.15, 0.2) is 0 Å². The fourth-order valence-electron chi connectivity index (χ4n) is 3.19. The second-order valence-electron chi connectivity index (χ2n) is 8.34. The van der Waals surface area contributed by atoms with E-state index in [9.17, 15) is 13.2 Å². The van der Waals surface area contributed by atoms with E-state index >= 15 is 0 Å². The number of carbonyl (C=O) groups excluding carboxylic acids is 1. The monoisotopic (exact) mass is 409 g/mol. The molecule has 158 valence electrons. The Balaban J connectivity index is 1.93. The van der Waals surface area contributed by atoms with Crippen LogP contribution in [0.15, 0.2) is 29.2 Å². The largest absolute Gasteiger partial charge is 0.350 e. The molecule has 0 aliphatic carbocycles. The van der Waals surface area contributed by atoms with Gasteiger partial charge in [-0.3, -0.25) is 9.69 Å². The molecule has 0 radical (unpaired) electrons. The summed E-state index contributed by atoms with van der Waals surface area (Å²) in [6, 6.07) is 7.25. The number of carbonyl (C=O) groups is 1. The van der Waals surface area contributed by atoms with Gasteiger partial charge in [0.2, 0.25) is 15.9 Å². The van der Waals surface area contributed by atoms with Gasteiger partial charge in [-0.15, -0.1) is 0 Å².